The van der Waals surface area contributed by atoms with Gasteiger partial charge in [-0.25, -0.2) is 4.79 Å². The van der Waals surface area contributed by atoms with Crippen molar-refractivity contribution in [2.24, 2.45) is 0 Å². The molecule has 14 heteroatoms. The molecule has 0 unspecified atom stereocenters. The highest BCUT2D eigenvalue weighted by Crippen LogP contribution is 2.28. The Hall–Kier alpha value is -5.27. The van der Waals surface area contributed by atoms with E-state index in [0.29, 0.717) is 93.7 Å². The molecule has 2 aromatic heterocycles. The molecule has 4 heterocycles. The maximum absolute atomic E-state index is 11.9. The Bertz CT molecular complexity index is 1640. The Morgan fingerprint density at radius 2 is 1.34 bits per heavy atom. The molecule has 2 N–H and O–H groups in total. The number of carbonyl (C=O) groups is 3. The summed E-state index contributed by atoms with van der Waals surface area (Å²) in [5.41, 5.74) is 3.06. The summed E-state index contributed by atoms with van der Waals surface area (Å²) in [7, 11) is 0. The van der Waals surface area contributed by atoms with Gasteiger partial charge in [0.2, 0.25) is 23.7 Å². The standard InChI is InChI=1S/C30H33N9O5/c1-19(40)36-9-13-38(14-10-36)28-33-26(34-29(35-28)39-15-11-37(12-16-39)20(2)41)23-7-8-24-25(17-23)44-30(32-24)31-18-21-3-5-22(6-4-21)27(42)43/h3-8,17H,9-16,18H2,1-2H3,(H,31,32)(H,42,43). The molecule has 0 bridgehead atoms. The van der Waals surface area contributed by atoms with Gasteiger partial charge in [0, 0.05) is 78.3 Å². The van der Waals surface area contributed by atoms with Crippen molar-refractivity contribution in [1.29, 1.82) is 0 Å². The number of hydrogen-bond acceptors (Lipinski definition) is 11. The molecule has 4 aromatic rings. The zero-order valence-corrected chi connectivity index (χ0v) is 24.6. The molecule has 2 fully saturated rings. The number of carbonyl (C=O) groups excluding carboxylic acids is 2. The average Bonchev–Trinajstić information content (AvgIpc) is 3.46. The van der Waals surface area contributed by atoms with Crippen molar-refractivity contribution in [1.82, 2.24) is 29.7 Å². The summed E-state index contributed by atoms with van der Waals surface area (Å²) in [6.45, 7) is 8.35. The van der Waals surface area contributed by atoms with Gasteiger partial charge in [-0.1, -0.05) is 12.1 Å². The minimum absolute atomic E-state index is 0.0512. The van der Waals surface area contributed by atoms with Gasteiger partial charge in [0.1, 0.15) is 5.52 Å². The van der Waals surface area contributed by atoms with Gasteiger partial charge in [-0.3, -0.25) is 9.59 Å². The number of aromatic carboxylic acids is 1. The van der Waals surface area contributed by atoms with Crippen LogP contribution in [0.1, 0.15) is 29.8 Å². The minimum atomic E-state index is -0.970. The third-order valence-corrected chi connectivity index (χ3v) is 7.92. The van der Waals surface area contributed by atoms with Crippen molar-refractivity contribution in [2.75, 3.05) is 67.5 Å². The second-order valence-corrected chi connectivity index (χ2v) is 10.8. The largest absolute Gasteiger partial charge is 0.478 e. The number of nitrogens with one attached hydrogen (secondary N) is 1. The van der Waals surface area contributed by atoms with Crippen molar-refractivity contribution < 1.29 is 23.9 Å². The molecule has 44 heavy (non-hydrogen) atoms. The Labute approximate surface area is 253 Å². The number of benzene rings is 2. The summed E-state index contributed by atoms with van der Waals surface area (Å²) in [5.74, 6) is 0.694. The highest BCUT2D eigenvalue weighted by molar-refractivity contribution is 5.87. The highest BCUT2D eigenvalue weighted by Gasteiger charge is 2.26. The first-order valence-corrected chi connectivity index (χ1v) is 14.5. The van der Waals surface area contributed by atoms with Crippen LogP contribution in [0.15, 0.2) is 46.9 Å². The monoisotopic (exact) mass is 599 g/mol. The molecule has 6 rings (SSSR count). The summed E-state index contributed by atoms with van der Waals surface area (Å²) in [5, 5.41) is 12.3. The summed E-state index contributed by atoms with van der Waals surface area (Å²) in [6, 6.07) is 12.5. The number of anilines is 3. The lowest BCUT2D eigenvalue weighted by Gasteiger charge is -2.36. The van der Waals surface area contributed by atoms with Crippen LogP contribution in [0.3, 0.4) is 0 Å². The third-order valence-electron chi connectivity index (χ3n) is 7.92. The molecule has 0 saturated carbocycles. The molecule has 0 aliphatic carbocycles. The van der Waals surface area contributed by atoms with E-state index in [4.69, 9.17) is 24.5 Å². The van der Waals surface area contributed by atoms with Crippen LogP contribution in [0.25, 0.3) is 22.5 Å². The first-order chi connectivity index (χ1) is 21.2. The molecule has 228 valence electrons. The molecule has 2 aliphatic rings. The van der Waals surface area contributed by atoms with E-state index in [0.717, 1.165) is 11.1 Å². The number of fused-ring (bicyclic) bond motifs is 1. The number of piperazine rings is 2. The first kappa shape index (κ1) is 28.8. The molecule has 0 radical (unpaired) electrons. The van der Waals surface area contributed by atoms with Gasteiger partial charge < -0.3 is 34.4 Å². The number of rotatable bonds is 7. The number of carboxylic acid groups (broad SMARTS) is 1. The van der Waals surface area contributed by atoms with Gasteiger partial charge in [0.05, 0.1) is 5.56 Å². The van der Waals surface area contributed by atoms with Crippen LogP contribution in [0.5, 0.6) is 0 Å². The predicted octanol–water partition coefficient (Wildman–Crippen LogP) is 2.33. The minimum Gasteiger partial charge on any atom is -0.478 e. The zero-order valence-electron chi connectivity index (χ0n) is 24.6. The van der Waals surface area contributed by atoms with E-state index in [1.165, 1.54) is 0 Å². The van der Waals surface area contributed by atoms with Gasteiger partial charge in [-0.05, 0) is 35.9 Å². The van der Waals surface area contributed by atoms with Gasteiger partial charge in [-0.2, -0.15) is 19.9 Å². The van der Waals surface area contributed by atoms with Crippen molar-refractivity contribution >= 4 is 46.8 Å². The predicted molar refractivity (Wildman–Crippen MR) is 162 cm³/mol. The maximum atomic E-state index is 11.9. The van der Waals surface area contributed by atoms with Crippen LogP contribution in [0, 0.1) is 0 Å². The fraction of sp³-hybridized carbons (Fsp3) is 0.367. The van der Waals surface area contributed by atoms with Crippen molar-refractivity contribution in [3.8, 4) is 11.4 Å². The fourth-order valence-corrected chi connectivity index (χ4v) is 5.29. The molecule has 2 aromatic carbocycles. The normalized spacial score (nSPS) is 15.5. The lowest BCUT2D eigenvalue weighted by Crippen LogP contribution is -2.50. The molecule has 0 spiro atoms. The summed E-state index contributed by atoms with van der Waals surface area (Å²) < 4.78 is 5.99. The second-order valence-electron chi connectivity index (χ2n) is 10.8. The average molecular weight is 600 g/mol. The van der Waals surface area contributed by atoms with E-state index >= 15 is 0 Å². The van der Waals surface area contributed by atoms with Gasteiger partial charge in [0.25, 0.3) is 6.01 Å². The molecule has 0 atom stereocenters. The Balaban J connectivity index is 1.25. The number of carboxylic acids is 1. The lowest BCUT2D eigenvalue weighted by molar-refractivity contribution is -0.129. The SMILES string of the molecule is CC(=O)N1CCN(c2nc(-c3ccc4nc(NCc5ccc(C(=O)O)cc5)oc4c3)nc(N3CCN(C(C)=O)CC3)n2)CC1. The zero-order chi connectivity index (χ0) is 30.8. The molecule has 2 aliphatic heterocycles. The molecule has 2 amide bonds. The summed E-state index contributed by atoms with van der Waals surface area (Å²) >= 11 is 0. The maximum Gasteiger partial charge on any atom is 0.335 e. The Morgan fingerprint density at radius 1 is 0.773 bits per heavy atom. The fourth-order valence-electron chi connectivity index (χ4n) is 5.29. The van der Waals surface area contributed by atoms with E-state index < -0.39 is 5.97 Å². The molecule has 14 nitrogen and oxygen atoms in total. The van der Waals surface area contributed by atoms with Crippen LogP contribution < -0.4 is 15.1 Å². The third kappa shape index (κ3) is 6.23. The van der Waals surface area contributed by atoms with Crippen LogP contribution in [0.2, 0.25) is 0 Å². The smallest absolute Gasteiger partial charge is 0.335 e. The molecular weight excluding hydrogens is 566 g/mol. The number of amides is 2. The number of oxazole rings is 1. The van der Waals surface area contributed by atoms with E-state index in [2.05, 4.69) is 20.1 Å². The van der Waals surface area contributed by atoms with Crippen molar-refractivity contribution in [3.63, 3.8) is 0 Å². The van der Waals surface area contributed by atoms with Gasteiger partial charge >= 0.3 is 5.97 Å². The summed E-state index contributed by atoms with van der Waals surface area (Å²) in [6.07, 6.45) is 0. The highest BCUT2D eigenvalue weighted by atomic mass is 16.4. The quantitative estimate of drug-likeness (QED) is 0.319. The van der Waals surface area contributed by atoms with Crippen LogP contribution in [-0.2, 0) is 16.1 Å². The van der Waals surface area contributed by atoms with Crippen LogP contribution in [0.4, 0.5) is 17.9 Å². The number of hydrogen-bond donors (Lipinski definition) is 2. The van der Waals surface area contributed by atoms with Crippen LogP contribution in [-0.4, -0.2) is 105 Å². The van der Waals surface area contributed by atoms with Crippen LogP contribution >= 0.6 is 0 Å². The number of nitrogens with zero attached hydrogens (tertiary/aromatic N) is 8. The summed E-state index contributed by atoms with van der Waals surface area (Å²) in [4.78, 5) is 61.6. The topological polar surface area (TPSA) is 161 Å². The van der Waals surface area contributed by atoms with Gasteiger partial charge in [0.15, 0.2) is 11.4 Å². The van der Waals surface area contributed by atoms with Crippen molar-refractivity contribution in [2.45, 2.75) is 20.4 Å². The first-order valence-electron chi connectivity index (χ1n) is 14.5. The lowest BCUT2D eigenvalue weighted by atomic mass is 10.1. The van der Waals surface area contributed by atoms with E-state index in [1.807, 2.05) is 28.0 Å². The Morgan fingerprint density at radius 3 is 1.86 bits per heavy atom. The van der Waals surface area contributed by atoms with Gasteiger partial charge in [-0.15, -0.1) is 0 Å². The van der Waals surface area contributed by atoms with E-state index in [1.54, 1.807) is 38.1 Å². The van der Waals surface area contributed by atoms with E-state index in [-0.39, 0.29) is 17.4 Å². The second kappa shape index (κ2) is 12.1. The molecule has 2 saturated heterocycles. The number of aromatic nitrogens is 4. The van der Waals surface area contributed by atoms with E-state index in [9.17, 15) is 14.4 Å². The molecular formula is C30H33N9O5. The Kier molecular flexibility index (Phi) is 7.96. The van der Waals surface area contributed by atoms with Crippen molar-refractivity contribution in [3.05, 3.63) is 53.6 Å².